The number of pyridine rings is 1. The molecule has 0 aliphatic rings. The molecule has 0 unspecified atom stereocenters. The third-order valence-corrected chi connectivity index (χ3v) is 3.73. The second-order valence-electron chi connectivity index (χ2n) is 5.22. The standard InChI is InChI=1S/C15H8ClF6N3/c1-7-12-10(14(17,18)19)6-11(15(20,21)22)23-13(12)25(24-7)9-4-2-8(16)3-5-9/h2-6H,1H3. The smallest absolute Gasteiger partial charge is 0.223 e. The zero-order chi connectivity index (χ0) is 18.6. The summed E-state index contributed by atoms with van der Waals surface area (Å²) in [6.07, 6.45) is -10.0. The zero-order valence-corrected chi connectivity index (χ0v) is 13.1. The van der Waals surface area contributed by atoms with Gasteiger partial charge in [-0.1, -0.05) is 11.6 Å². The van der Waals surface area contributed by atoms with Crippen molar-refractivity contribution in [2.24, 2.45) is 0 Å². The Morgan fingerprint density at radius 2 is 1.56 bits per heavy atom. The van der Waals surface area contributed by atoms with Crippen molar-refractivity contribution >= 4 is 22.6 Å². The lowest BCUT2D eigenvalue weighted by molar-refractivity contribution is -0.144. The minimum Gasteiger partial charge on any atom is -0.223 e. The Labute approximate surface area is 141 Å². The molecule has 0 bridgehead atoms. The van der Waals surface area contributed by atoms with Crippen molar-refractivity contribution in [1.29, 1.82) is 0 Å². The molecule has 3 rings (SSSR count). The van der Waals surface area contributed by atoms with Crippen molar-refractivity contribution < 1.29 is 26.3 Å². The fourth-order valence-electron chi connectivity index (χ4n) is 2.42. The van der Waals surface area contributed by atoms with Crippen LogP contribution in [-0.4, -0.2) is 14.8 Å². The first-order chi connectivity index (χ1) is 11.5. The number of hydrogen-bond donors (Lipinski definition) is 0. The van der Waals surface area contributed by atoms with E-state index in [0.29, 0.717) is 5.02 Å². The molecule has 0 spiro atoms. The number of alkyl halides is 6. The molecule has 0 amide bonds. The number of halogens is 7. The molecule has 0 N–H and O–H groups in total. The highest BCUT2D eigenvalue weighted by Gasteiger charge is 2.40. The van der Waals surface area contributed by atoms with Gasteiger partial charge in [-0.2, -0.15) is 31.4 Å². The minimum atomic E-state index is -5.03. The highest BCUT2D eigenvalue weighted by Crippen LogP contribution is 2.40. The Kier molecular flexibility index (Phi) is 3.94. The van der Waals surface area contributed by atoms with Crippen LogP contribution in [0, 0.1) is 6.92 Å². The van der Waals surface area contributed by atoms with E-state index in [1.165, 1.54) is 31.2 Å². The van der Waals surface area contributed by atoms with Gasteiger partial charge in [0.2, 0.25) is 0 Å². The Bertz CT molecular complexity index is 941. The maximum atomic E-state index is 13.3. The Morgan fingerprint density at radius 3 is 2.08 bits per heavy atom. The van der Waals surface area contributed by atoms with Crippen LogP contribution >= 0.6 is 11.6 Å². The lowest BCUT2D eigenvalue weighted by Crippen LogP contribution is -2.14. The van der Waals surface area contributed by atoms with Crippen LogP contribution in [-0.2, 0) is 12.4 Å². The van der Waals surface area contributed by atoms with Gasteiger partial charge in [0.15, 0.2) is 5.65 Å². The van der Waals surface area contributed by atoms with Crippen LogP contribution in [0.25, 0.3) is 16.7 Å². The average Bonchev–Trinajstić information content (AvgIpc) is 2.83. The first kappa shape index (κ1) is 17.5. The highest BCUT2D eigenvalue weighted by molar-refractivity contribution is 6.30. The number of fused-ring (bicyclic) bond motifs is 1. The van der Waals surface area contributed by atoms with Crippen LogP contribution in [0.5, 0.6) is 0 Å². The number of aromatic nitrogens is 3. The topological polar surface area (TPSA) is 30.7 Å². The molecule has 2 aromatic heterocycles. The predicted octanol–water partition coefficient (Wildman–Crippen LogP) is 5.42. The maximum Gasteiger partial charge on any atom is 0.433 e. The van der Waals surface area contributed by atoms with Gasteiger partial charge in [-0.05, 0) is 37.3 Å². The molecular weight excluding hydrogens is 372 g/mol. The van der Waals surface area contributed by atoms with Crippen molar-refractivity contribution in [2.75, 3.05) is 0 Å². The summed E-state index contributed by atoms with van der Waals surface area (Å²) in [4.78, 5) is 3.38. The molecular formula is C15H8ClF6N3. The Morgan fingerprint density at radius 1 is 0.960 bits per heavy atom. The van der Waals surface area contributed by atoms with Crippen molar-refractivity contribution in [3.8, 4) is 5.69 Å². The van der Waals surface area contributed by atoms with Crippen molar-refractivity contribution in [3.63, 3.8) is 0 Å². The lowest BCUT2D eigenvalue weighted by Gasteiger charge is -2.13. The van der Waals surface area contributed by atoms with Gasteiger partial charge in [-0.3, -0.25) is 0 Å². The largest absolute Gasteiger partial charge is 0.433 e. The van der Waals surface area contributed by atoms with E-state index in [1.54, 1.807) is 0 Å². The number of hydrogen-bond acceptors (Lipinski definition) is 2. The molecule has 0 aliphatic heterocycles. The lowest BCUT2D eigenvalue weighted by atomic mass is 10.1. The van der Waals surface area contributed by atoms with E-state index in [9.17, 15) is 26.3 Å². The van der Waals surface area contributed by atoms with Crippen LogP contribution in [0.2, 0.25) is 5.02 Å². The first-order valence-electron chi connectivity index (χ1n) is 6.79. The molecule has 10 heteroatoms. The summed E-state index contributed by atoms with van der Waals surface area (Å²) in [5.74, 6) is 0. The van der Waals surface area contributed by atoms with E-state index < -0.39 is 34.6 Å². The van der Waals surface area contributed by atoms with Crippen LogP contribution < -0.4 is 0 Å². The fourth-order valence-corrected chi connectivity index (χ4v) is 2.55. The summed E-state index contributed by atoms with van der Waals surface area (Å²) in [5, 5.41) is 3.81. The van der Waals surface area contributed by atoms with E-state index >= 15 is 0 Å². The van der Waals surface area contributed by atoms with Crippen molar-refractivity contribution in [3.05, 3.63) is 52.3 Å². The van der Waals surface area contributed by atoms with Crippen LogP contribution in [0.1, 0.15) is 17.0 Å². The second-order valence-corrected chi connectivity index (χ2v) is 5.66. The molecule has 0 aliphatic carbocycles. The number of aryl methyl sites for hydroxylation is 1. The van der Waals surface area contributed by atoms with Crippen molar-refractivity contribution in [1.82, 2.24) is 14.8 Å². The number of nitrogens with zero attached hydrogens (tertiary/aromatic N) is 3. The Balaban J connectivity index is 2.40. The van der Waals surface area contributed by atoms with Crippen molar-refractivity contribution in [2.45, 2.75) is 19.3 Å². The van der Waals surface area contributed by atoms with E-state index in [0.717, 1.165) is 4.68 Å². The molecule has 0 atom stereocenters. The molecule has 0 fully saturated rings. The van der Waals surface area contributed by atoms with Gasteiger partial charge in [-0.25, -0.2) is 9.67 Å². The zero-order valence-electron chi connectivity index (χ0n) is 12.4. The van der Waals surface area contributed by atoms with E-state index in [-0.39, 0.29) is 17.4 Å². The van der Waals surface area contributed by atoms with Crippen LogP contribution in [0.15, 0.2) is 30.3 Å². The molecule has 0 saturated carbocycles. The monoisotopic (exact) mass is 379 g/mol. The number of benzene rings is 1. The molecule has 2 heterocycles. The average molecular weight is 380 g/mol. The molecule has 0 saturated heterocycles. The first-order valence-corrected chi connectivity index (χ1v) is 7.17. The van der Waals surface area contributed by atoms with Gasteiger partial charge >= 0.3 is 12.4 Å². The maximum absolute atomic E-state index is 13.3. The summed E-state index contributed by atoms with van der Waals surface area (Å²) >= 11 is 5.75. The Hall–Kier alpha value is -2.29. The second kappa shape index (κ2) is 5.62. The number of rotatable bonds is 1. The van der Waals surface area contributed by atoms with Gasteiger partial charge in [0.05, 0.1) is 22.3 Å². The quantitative estimate of drug-likeness (QED) is 0.529. The van der Waals surface area contributed by atoms with Crippen LogP contribution in [0.4, 0.5) is 26.3 Å². The minimum absolute atomic E-state index is 0.00319. The van der Waals surface area contributed by atoms with E-state index in [2.05, 4.69) is 10.1 Å². The van der Waals surface area contributed by atoms with E-state index in [4.69, 9.17) is 11.6 Å². The fraction of sp³-hybridized carbons (Fsp3) is 0.200. The summed E-state index contributed by atoms with van der Waals surface area (Å²) < 4.78 is 79.8. The SMILES string of the molecule is Cc1nn(-c2ccc(Cl)cc2)c2nc(C(F)(F)F)cc(C(F)(F)F)c12. The summed E-state index contributed by atoms with van der Waals surface area (Å²) in [6.45, 7) is 1.28. The molecule has 132 valence electrons. The normalized spacial score (nSPS) is 12.8. The molecule has 3 aromatic rings. The third-order valence-electron chi connectivity index (χ3n) is 3.48. The summed E-state index contributed by atoms with van der Waals surface area (Å²) in [6, 6.07) is 5.73. The van der Waals surface area contributed by atoms with Crippen LogP contribution in [0.3, 0.4) is 0 Å². The third kappa shape index (κ3) is 3.15. The van der Waals surface area contributed by atoms with Gasteiger partial charge in [0, 0.05) is 5.02 Å². The van der Waals surface area contributed by atoms with Gasteiger partial charge in [0.25, 0.3) is 0 Å². The van der Waals surface area contributed by atoms with Gasteiger partial charge in [-0.15, -0.1) is 0 Å². The summed E-state index contributed by atoms with van der Waals surface area (Å²) in [7, 11) is 0. The molecule has 25 heavy (non-hydrogen) atoms. The van der Waals surface area contributed by atoms with E-state index in [1.807, 2.05) is 0 Å². The van der Waals surface area contributed by atoms with Gasteiger partial charge in [0.1, 0.15) is 5.69 Å². The summed E-state index contributed by atoms with van der Waals surface area (Å²) in [5.41, 5.74) is -3.44. The van der Waals surface area contributed by atoms with Gasteiger partial charge < -0.3 is 0 Å². The molecule has 1 aromatic carbocycles. The molecule has 0 radical (unpaired) electrons. The predicted molar refractivity (Wildman–Crippen MR) is 78.6 cm³/mol. The molecule has 3 nitrogen and oxygen atoms in total. The highest BCUT2D eigenvalue weighted by atomic mass is 35.5.